The molecule has 5 aromatic carbocycles. The fourth-order valence-corrected chi connectivity index (χ4v) is 6.55. The Balaban J connectivity index is 0.000000171. The molecule has 0 atom stereocenters. The highest BCUT2D eigenvalue weighted by Crippen LogP contribution is 2.41. The lowest BCUT2D eigenvalue weighted by molar-refractivity contribution is 1.29. The van der Waals surface area contributed by atoms with E-state index in [0.717, 1.165) is 5.69 Å². The minimum atomic E-state index is 1.04. The average molecular weight is 508 g/mol. The topological polar surface area (TPSA) is 12.9 Å². The molecule has 0 spiro atoms. The molecule has 2 aromatic heterocycles. The first-order valence-electron chi connectivity index (χ1n) is 13.0. The second kappa shape index (κ2) is 10.2. The van der Waals surface area contributed by atoms with E-state index in [-0.39, 0.29) is 0 Å². The van der Waals surface area contributed by atoms with Crippen molar-refractivity contribution in [1.82, 2.24) is 4.98 Å². The van der Waals surface area contributed by atoms with Gasteiger partial charge in [-0.05, 0) is 72.2 Å². The Morgan fingerprint density at radius 1 is 0.605 bits per heavy atom. The first-order valence-corrected chi connectivity index (χ1v) is 13.8. The van der Waals surface area contributed by atoms with Gasteiger partial charge in [-0.2, -0.15) is 0 Å². The molecule has 184 valence electrons. The molecule has 0 N–H and O–H groups in total. The number of pyridine rings is 1. The standard InChI is InChI=1S/C24H18S.C12H11N/c1-15-7-3-4-8-18(15)19-13-11-17-12-14-21-20-9-5-6-10-22(20)25-24(21)23(17)16(19)2;1-10-7-8-13-12(9-10)11-5-3-2-4-6-11/h3-14H,1-2H3;2-9H,1H3. The zero-order chi connectivity index (χ0) is 26.1. The quantitative estimate of drug-likeness (QED) is 0.227. The Bertz CT molecular complexity index is 1900. The molecule has 7 aromatic rings. The minimum absolute atomic E-state index is 1.04. The van der Waals surface area contributed by atoms with Crippen LogP contribution >= 0.6 is 11.3 Å². The zero-order valence-corrected chi connectivity index (χ0v) is 22.7. The van der Waals surface area contributed by atoms with Crippen LogP contribution in [0.15, 0.2) is 121 Å². The van der Waals surface area contributed by atoms with Crippen molar-refractivity contribution in [2.24, 2.45) is 0 Å². The third-order valence-corrected chi connectivity index (χ3v) is 8.41. The van der Waals surface area contributed by atoms with Crippen LogP contribution in [0.3, 0.4) is 0 Å². The highest BCUT2D eigenvalue weighted by atomic mass is 32.1. The van der Waals surface area contributed by atoms with Gasteiger partial charge in [0.15, 0.2) is 0 Å². The van der Waals surface area contributed by atoms with Gasteiger partial charge in [0.25, 0.3) is 0 Å². The highest BCUT2D eigenvalue weighted by molar-refractivity contribution is 7.26. The van der Waals surface area contributed by atoms with Gasteiger partial charge in [0.05, 0.1) is 5.69 Å². The molecule has 0 saturated heterocycles. The number of rotatable bonds is 2. The predicted octanol–water partition coefficient (Wildman–Crippen LogP) is 10.5. The summed E-state index contributed by atoms with van der Waals surface area (Å²) in [5.41, 5.74) is 8.84. The van der Waals surface area contributed by atoms with Crippen molar-refractivity contribution in [3.05, 3.63) is 138 Å². The maximum Gasteiger partial charge on any atom is 0.0704 e. The molecule has 2 heterocycles. The van der Waals surface area contributed by atoms with Gasteiger partial charge in [0.1, 0.15) is 0 Å². The molecule has 0 aliphatic heterocycles. The molecule has 0 aliphatic rings. The summed E-state index contributed by atoms with van der Waals surface area (Å²) in [5, 5.41) is 5.47. The molecule has 0 radical (unpaired) electrons. The van der Waals surface area contributed by atoms with Crippen molar-refractivity contribution < 1.29 is 0 Å². The van der Waals surface area contributed by atoms with Crippen molar-refractivity contribution in [1.29, 1.82) is 0 Å². The normalized spacial score (nSPS) is 11.0. The second-order valence-electron chi connectivity index (χ2n) is 9.78. The van der Waals surface area contributed by atoms with E-state index in [1.807, 2.05) is 41.8 Å². The van der Waals surface area contributed by atoms with Gasteiger partial charge < -0.3 is 0 Å². The van der Waals surface area contributed by atoms with E-state index in [9.17, 15) is 0 Å². The minimum Gasteiger partial charge on any atom is -0.256 e. The van der Waals surface area contributed by atoms with E-state index in [0.29, 0.717) is 0 Å². The maximum absolute atomic E-state index is 4.31. The Kier molecular flexibility index (Phi) is 6.49. The molecule has 1 nitrogen and oxygen atoms in total. The molecular weight excluding hydrogens is 478 g/mol. The summed E-state index contributed by atoms with van der Waals surface area (Å²) in [4.78, 5) is 4.31. The van der Waals surface area contributed by atoms with Crippen molar-refractivity contribution in [3.63, 3.8) is 0 Å². The molecule has 0 bridgehead atoms. The molecule has 0 fully saturated rings. The van der Waals surface area contributed by atoms with E-state index in [2.05, 4.69) is 117 Å². The first kappa shape index (κ1) is 24.1. The predicted molar refractivity (Wildman–Crippen MR) is 166 cm³/mol. The van der Waals surface area contributed by atoms with Gasteiger partial charge in [-0.25, -0.2) is 0 Å². The van der Waals surface area contributed by atoms with Crippen molar-refractivity contribution in [3.8, 4) is 22.4 Å². The third kappa shape index (κ3) is 4.49. The molecule has 7 rings (SSSR count). The summed E-state index contributed by atoms with van der Waals surface area (Å²) < 4.78 is 2.78. The summed E-state index contributed by atoms with van der Waals surface area (Å²) in [6.45, 7) is 6.54. The zero-order valence-electron chi connectivity index (χ0n) is 21.9. The summed E-state index contributed by atoms with van der Waals surface area (Å²) in [6.07, 6.45) is 1.84. The number of hydrogen-bond donors (Lipinski definition) is 0. The van der Waals surface area contributed by atoms with Crippen LogP contribution in [0.25, 0.3) is 53.3 Å². The Morgan fingerprint density at radius 2 is 1.34 bits per heavy atom. The number of aromatic nitrogens is 1. The van der Waals surface area contributed by atoms with Crippen LogP contribution < -0.4 is 0 Å². The van der Waals surface area contributed by atoms with Gasteiger partial charge >= 0.3 is 0 Å². The van der Waals surface area contributed by atoms with Crippen LogP contribution in [0.4, 0.5) is 0 Å². The second-order valence-corrected chi connectivity index (χ2v) is 10.8. The van der Waals surface area contributed by atoms with Crippen molar-refractivity contribution >= 4 is 42.3 Å². The Hall–Kier alpha value is -4.27. The summed E-state index contributed by atoms with van der Waals surface area (Å²) in [6, 6.07) is 40.8. The van der Waals surface area contributed by atoms with Crippen molar-refractivity contribution in [2.45, 2.75) is 20.8 Å². The van der Waals surface area contributed by atoms with E-state index >= 15 is 0 Å². The van der Waals surface area contributed by atoms with E-state index in [1.54, 1.807) is 0 Å². The Labute approximate surface area is 228 Å². The largest absolute Gasteiger partial charge is 0.256 e. The fourth-order valence-electron chi connectivity index (χ4n) is 5.23. The molecule has 0 amide bonds. The third-order valence-electron chi connectivity index (χ3n) is 7.21. The monoisotopic (exact) mass is 507 g/mol. The van der Waals surface area contributed by atoms with Crippen molar-refractivity contribution in [2.75, 3.05) is 0 Å². The first-order chi connectivity index (χ1) is 18.6. The maximum atomic E-state index is 4.31. The number of benzene rings is 5. The fraction of sp³-hybridized carbons (Fsp3) is 0.0833. The van der Waals surface area contributed by atoms with Crippen LogP contribution in [0.5, 0.6) is 0 Å². The number of hydrogen-bond acceptors (Lipinski definition) is 2. The lowest BCUT2D eigenvalue weighted by atomic mass is 9.92. The molecule has 38 heavy (non-hydrogen) atoms. The molecule has 0 aliphatic carbocycles. The van der Waals surface area contributed by atoms with E-state index in [4.69, 9.17) is 0 Å². The van der Waals surface area contributed by atoms with Crippen LogP contribution in [-0.4, -0.2) is 4.98 Å². The SMILES string of the molecule is Cc1ccccc1-c1ccc2ccc3c4ccccc4sc3c2c1C.Cc1ccnc(-c2ccccc2)c1. The lowest BCUT2D eigenvalue weighted by Crippen LogP contribution is -1.88. The lowest BCUT2D eigenvalue weighted by Gasteiger charge is -2.13. The summed E-state index contributed by atoms with van der Waals surface area (Å²) >= 11 is 1.91. The summed E-state index contributed by atoms with van der Waals surface area (Å²) in [5.74, 6) is 0. The van der Waals surface area contributed by atoms with Gasteiger partial charge in [0, 0.05) is 37.3 Å². The highest BCUT2D eigenvalue weighted by Gasteiger charge is 2.13. The van der Waals surface area contributed by atoms with Gasteiger partial charge in [0.2, 0.25) is 0 Å². The molecule has 2 heteroatoms. The smallest absolute Gasteiger partial charge is 0.0704 e. The van der Waals surface area contributed by atoms with Gasteiger partial charge in [-0.1, -0.05) is 97.1 Å². The summed E-state index contributed by atoms with van der Waals surface area (Å²) in [7, 11) is 0. The van der Waals surface area contributed by atoms with Gasteiger partial charge in [-0.15, -0.1) is 11.3 Å². The number of thiophene rings is 1. The number of fused-ring (bicyclic) bond motifs is 5. The average Bonchev–Trinajstić information content (AvgIpc) is 3.33. The van der Waals surface area contributed by atoms with Gasteiger partial charge in [-0.3, -0.25) is 4.98 Å². The molecule has 0 saturated carbocycles. The number of nitrogens with zero attached hydrogens (tertiary/aromatic N) is 1. The molecule has 0 unspecified atom stereocenters. The van der Waals surface area contributed by atoms with Crippen LogP contribution in [0.1, 0.15) is 16.7 Å². The number of aryl methyl sites for hydroxylation is 3. The van der Waals surface area contributed by atoms with E-state index < -0.39 is 0 Å². The van der Waals surface area contributed by atoms with Crippen LogP contribution in [0, 0.1) is 20.8 Å². The molecular formula is C36H29NS. The van der Waals surface area contributed by atoms with Crippen LogP contribution in [-0.2, 0) is 0 Å². The van der Waals surface area contributed by atoms with E-state index in [1.165, 1.54) is 64.3 Å². The Morgan fingerprint density at radius 3 is 2.16 bits per heavy atom. The van der Waals surface area contributed by atoms with Crippen LogP contribution in [0.2, 0.25) is 0 Å².